The molecule has 0 saturated heterocycles. The molecule has 0 N–H and O–H groups in total. The molecular formula is C16H13BrN2OS2. The fourth-order valence-electron chi connectivity index (χ4n) is 2.84. The van der Waals surface area contributed by atoms with Crippen LogP contribution in [0, 0.1) is 13.8 Å². The molecule has 6 heteroatoms. The number of halogens is 1. The fourth-order valence-corrected chi connectivity index (χ4v) is 5.25. The number of hydrogen-bond donors (Lipinski definition) is 0. The standard InChI is InChI=1S/C16H13BrN2OS2/c1-8-9(2)21-15-13(8)16(20)19-6-5-10(14(19)18-15)7-11-3-4-12(17)22-11/h3-4,7H,5-6H2,1-2H3/b10-7-. The van der Waals surface area contributed by atoms with E-state index in [1.54, 1.807) is 22.7 Å². The zero-order chi connectivity index (χ0) is 15.4. The van der Waals surface area contributed by atoms with Gasteiger partial charge in [0, 0.05) is 16.3 Å². The maximum absolute atomic E-state index is 12.8. The van der Waals surface area contributed by atoms with E-state index in [1.165, 1.54) is 9.75 Å². The van der Waals surface area contributed by atoms with Gasteiger partial charge in [-0.25, -0.2) is 4.98 Å². The third-order valence-electron chi connectivity index (χ3n) is 4.09. The highest BCUT2D eigenvalue weighted by atomic mass is 79.9. The van der Waals surface area contributed by atoms with Crippen LogP contribution in [0.2, 0.25) is 0 Å². The van der Waals surface area contributed by atoms with Gasteiger partial charge in [0.25, 0.3) is 5.56 Å². The minimum atomic E-state index is 0.109. The van der Waals surface area contributed by atoms with Gasteiger partial charge in [0.2, 0.25) is 0 Å². The van der Waals surface area contributed by atoms with Crippen molar-refractivity contribution in [3.63, 3.8) is 0 Å². The molecule has 4 rings (SSSR count). The summed E-state index contributed by atoms with van der Waals surface area (Å²) in [6.45, 7) is 4.79. The van der Waals surface area contributed by atoms with E-state index in [0.29, 0.717) is 0 Å². The molecular weight excluding hydrogens is 380 g/mol. The maximum atomic E-state index is 12.8. The lowest BCUT2D eigenvalue weighted by Gasteiger charge is -2.03. The molecule has 0 aliphatic carbocycles. The Kier molecular flexibility index (Phi) is 3.36. The van der Waals surface area contributed by atoms with Crippen LogP contribution < -0.4 is 5.56 Å². The Balaban J connectivity index is 1.94. The summed E-state index contributed by atoms with van der Waals surface area (Å²) >= 11 is 6.79. The predicted molar refractivity (Wildman–Crippen MR) is 97.9 cm³/mol. The van der Waals surface area contributed by atoms with Crippen molar-refractivity contribution in [2.75, 3.05) is 0 Å². The van der Waals surface area contributed by atoms with E-state index in [2.05, 4.69) is 35.0 Å². The van der Waals surface area contributed by atoms with Crippen LogP contribution in [0.15, 0.2) is 20.7 Å². The van der Waals surface area contributed by atoms with E-state index in [0.717, 1.165) is 43.9 Å². The van der Waals surface area contributed by atoms with E-state index >= 15 is 0 Å². The summed E-state index contributed by atoms with van der Waals surface area (Å²) in [5.41, 5.74) is 2.34. The molecule has 0 atom stereocenters. The van der Waals surface area contributed by atoms with Gasteiger partial charge >= 0.3 is 0 Å². The zero-order valence-electron chi connectivity index (χ0n) is 12.1. The largest absolute Gasteiger partial charge is 0.292 e. The minimum Gasteiger partial charge on any atom is -0.292 e. The summed E-state index contributed by atoms with van der Waals surface area (Å²) in [5.74, 6) is 0.836. The Bertz CT molecular complexity index is 994. The number of thiophene rings is 2. The van der Waals surface area contributed by atoms with Crippen molar-refractivity contribution < 1.29 is 0 Å². The summed E-state index contributed by atoms with van der Waals surface area (Å²) in [6.07, 6.45) is 3.02. The van der Waals surface area contributed by atoms with Gasteiger partial charge in [0.15, 0.2) is 0 Å². The summed E-state index contributed by atoms with van der Waals surface area (Å²) in [4.78, 5) is 20.8. The van der Waals surface area contributed by atoms with Crippen molar-refractivity contribution in [1.29, 1.82) is 0 Å². The van der Waals surface area contributed by atoms with Gasteiger partial charge in [0.1, 0.15) is 10.7 Å². The van der Waals surface area contributed by atoms with Crippen LogP contribution in [0.3, 0.4) is 0 Å². The highest BCUT2D eigenvalue weighted by Gasteiger charge is 2.23. The highest BCUT2D eigenvalue weighted by molar-refractivity contribution is 9.11. The Morgan fingerprint density at radius 3 is 2.86 bits per heavy atom. The van der Waals surface area contributed by atoms with Gasteiger partial charge in [0.05, 0.1) is 9.17 Å². The molecule has 3 nitrogen and oxygen atoms in total. The van der Waals surface area contributed by atoms with Crippen molar-refractivity contribution in [2.45, 2.75) is 26.8 Å². The molecule has 1 aliphatic heterocycles. The molecule has 1 aliphatic rings. The topological polar surface area (TPSA) is 34.9 Å². The molecule has 0 spiro atoms. The van der Waals surface area contributed by atoms with Crippen LogP contribution in [0.25, 0.3) is 21.9 Å². The lowest BCUT2D eigenvalue weighted by molar-refractivity contribution is 0.726. The van der Waals surface area contributed by atoms with Gasteiger partial charge in [-0.15, -0.1) is 22.7 Å². The molecule has 0 fully saturated rings. The van der Waals surface area contributed by atoms with Crippen molar-refractivity contribution in [2.24, 2.45) is 0 Å². The Morgan fingerprint density at radius 1 is 1.32 bits per heavy atom. The molecule has 0 unspecified atom stereocenters. The smallest absolute Gasteiger partial charge is 0.262 e. The van der Waals surface area contributed by atoms with Crippen molar-refractivity contribution >= 4 is 60.5 Å². The van der Waals surface area contributed by atoms with Gasteiger partial charge in [-0.3, -0.25) is 9.36 Å². The first kappa shape index (κ1) is 14.4. The van der Waals surface area contributed by atoms with Gasteiger partial charge < -0.3 is 0 Å². The zero-order valence-corrected chi connectivity index (χ0v) is 15.4. The molecule has 3 aromatic rings. The fraction of sp³-hybridized carbons (Fsp3) is 0.250. The number of rotatable bonds is 1. The first-order chi connectivity index (χ1) is 10.5. The van der Waals surface area contributed by atoms with Crippen LogP contribution in [-0.2, 0) is 6.54 Å². The van der Waals surface area contributed by atoms with Crippen LogP contribution in [-0.4, -0.2) is 9.55 Å². The second-order valence-corrected chi connectivity index (χ2v) is 9.11. The lowest BCUT2D eigenvalue weighted by Crippen LogP contribution is -2.20. The van der Waals surface area contributed by atoms with Gasteiger partial charge in [-0.1, -0.05) is 0 Å². The van der Waals surface area contributed by atoms with E-state index in [4.69, 9.17) is 4.98 Å². The minimum absolute atomic E-state index is 0.109. The molecule has 0 radical (unpaired) electrons. The summed E-state index contributed by atoms with van der Waals surface area (Å²) < 4.78 is 2.94. The number of nitrogens with zero attached hydrogens (tertiary/aromatic N) is 2. The molecule has 22 heavy (non-hydrogen) atoms. The number of hydrogen-bond acceptors (Lipinski definition) is 4. The van der Waals surface area contributed by atoms with Crippen molar-refractivity contribution in [1.82, 2.24) is 9.55 Å². The quantitative estimate of drug-likeness (QED) is 0.593. The molecule has 0 aromatic carbocycles. The Morgan fingerprint density at radius 2 is 2.14 bits per heavy atom. The number of allylic oxidation sites excluding steroid dienone is 1. The normalized spacial score (nSPS) is 15.9. The second kappa shape index (κ2) is 5.15. The van der Waals surface area contributed by atoms with E-state index in [1.807, 2.05) is 17.6 Å². The second-order valence-electron chi connectivity index (χ2n) is 5.42. The first-order valence-electron chi connectivity index (χ1n) is 7.01. The number of fused-ring (bicyclic) bond motifs is 2. The molecule has 4 heterocycles. The van der Waals surface area contributed by atoms with Gasteiger partial charge in [-0.2, -0.15) is 0 Å². The third kappa shape index (κ3) is 2.13. The predicted octanol–water partition coefficient (Wildman–Crippen LogP) is 4.84. The molecule has 0 saturated carbocycles. The first-order valence-corrected chi connectivity index (χ1v) is 9.44. The van der Waals surface area contributed by atoms with Crippen molar-refractivity contribution in [3.8, 4) is 0 Å². The summed E-state index contributed by atoms with van der Waals surface area (Å²) in [7, 11) is 0. The van der Waals surface area contributed by atoms with Crippen LogP contribution in [0.4, 0.5) is 0 Å². The Hall–Kier alpha value is -1.24. The van der Waals surface area contributed by atoms with Gasteiger partial charge in [-0.05, 0) is 65.5 Å². The monoisotopic (exact) mass is 392 g/mol. The third-order valence-corrected chi connectivity index (χ3v) is 6.76. The van der Waals surface area contributed by atoms with E-state index in [9.17, 15) is 4.79 Å². The number of aromatic nitrogens is 2. The SMILES string of the molecule is Cc1sc2nc3n(c(=O)c2c1C)CC/C3=C/c1ccc(Br)s1. The highest BCUT2D eigenvalue weighted by Crippen LogP contribution is 2.33. The van der Waals surface area contributed by atoms with Crippen molar-refractivity contribution in [3.05, 3.63) is 47.4 Å². The van der Waals surface area contributed by atoms with Crippen LogP contribution >= 0.6 is 38.6 Å². The average Bonchev–Trinajstić information content (AvgIpc) is 3.13. The number of aryl methyl sites for hydroxylation is 2. The average molecular weight is 393 g/mol. The van der Waals surface area contributed by atoms with Crippen LogP contribution in [0.5, 0.6) is 0 Å². The molecule has 112 valence electrons. The van der Waals surface area contributed by atoms with Crippen LogP contribution in [0.1, 0.15) is 27.6 Å². The molecule has 3 aromatic heterocycles. The summed E-state index contributed by atoms with van der Waals surface area (Å²) in [6, 6.07) is 4.13. The maximum Gasteiger partial charge on any atom is 0.262 e. The molecule has 0 bridgehead atoms. The Labute approximate surface area is 144 Å². The van der Waals surface area contributed by atoms with E-state index < -0.39 is 0 Å². The summed E-state index contributed by atoms with van der Waals surface area (Å²) in [5, 5.41) is 0.798. The van der Waals surface area contributed by atoms with E-state index in [-0.39, 0.29) is 5.56 Å². The lowest BCUT2D eigenvalue weighted by atomic mass is 10.2. The molecule has 0 amide bonds.